The summed E-state index contributed by atoms with van der Waals surface area (Å²) >= 11 is 3.30. The smallest absolute Gasteiger partial charge is 0.226 e. The van der Waals surface area contributed by atoms with Gasteiger partial charge >= 0.3 is 0 Å². The lowest BCUT2D eigenvalue weighted by molar-refractivity contribution is -0.470. The van der Waals surface area contributed by atoms with Crippen LogP contribution >= 0.6 is 15.9 Å². The quantitative estimate of drug-likeness (QED) is 0.474. The maximum atomic E-state index is 10.6. The molecular formula is C14H14BrNO3. The molecule has 4 nitrogen and oxygen atoms in total. The summed E-state index contributed by atoms with van der Waals surface area (Å²) in [6.07, 6.45) is 2.62. The van der Waals surface area contributed by atoms with Gasteiger partial charge in [-0.05, 0) is 12.1 Å². The summed E-state index contributed by atoms with van der Waals surface area (Å²) in [7, 11) is 0. The average molecular weight is 324 g/mol. The molecule has 0 amide bonds. The van der Waals surface area contributed by atoms with Gasteiger partial charge < -0.3 is 4.42 Å². The highest BCUT2D eigenvalue weighted by Crippen LogP contribution is 2.28. The van der Waals surface area contributed by atoms with E-state index >= 15 is 0 Å². The molecule has 100 valence electrons. The van der Waals surface area contributed by atoms with Gasteiger partial charge in [0.25, 0.3) is 0 Å². The lowest BCUT2D eigenvalue weighted by atomic mass is 10.1. The second kappa shape index (κ2) is 6.02. The zero-order valence-corrected chi connectivity index (χ0v) is 12.1. The fourth-order valence-electron chi connectivity index (χ4n) is 2.03. The maximum Gasteiger partial charge on any atom is 0.226 e. The first-order valence-electron chi connectivity index (χ1n) is 6.03. The fraction of sp³-hybridized carbons (Fsp3) is 0.286. The average Bonchev–Trinajstić information content (AvgIpc) is 2.75. The van der Waals surface area contributed by atoms with Crippen molar-refractivity contribution >= 4 is 33.0 Å². The molecule has 1 aromatic carbocycles. The number of nitrogens with zero attached hydrogens (tertiary/aromatic N) is 1. The second-order valence-corrected chi connectivity index (χ2v) is 4.78. The van der Waals surface area contributed by atoms with Crippen molar-refractivity contribution in [1.29, 1.82) is 0 Å². The van der Waals surface area contributed by atoms with E-state index in [-0.39, 0.29) is 11.5 Å². The van der Waals surface area contributed by atoms with E-state index in [1.54, 1.807) is 0 Å². The molecule has 0 aliphatic carbocycles. The van der Waals surface area contributed by atoms with Crippen LogP contribution in [-0.2, 0) is 6.42 Å². The largest absolute Gasteiger partial charge is 0.460 e. The van der Waals surface area contributed by atoms with E-state index in [2.05, 4.69) is 15.9 Å². The van der Waals surface area contributed by atoms with Crippen LogP contribution in [0.4, 0.5) is 0 Å². The molecule has 1 aromatic heterocycles. The highest BCUT2D eigenvalue weighted by Gasteiger charge is 2.13. The number of halogens is 1. The molecule has 19 heavy (non-hydrogen) atoms. The Labute approximate surface area is 119 Å². The lowest BCUT2D eigenvalue weighted by Gasteiger charge is -1.99. The number of benzene rings is 1. The normalized spacial score (nSPS) is 12.0. The second-order valence-electron chi connectivity index (χ2n) is 4.22. The van der Waals surface area contributed by atoms with E-state index in [0.29, 0.717) is 5.33 Å². The highest BCUT2D eigenvalue weighted by atomic mass is 79.9. The zero-order chi connectivity index (χ0) is 13.8. The minimum absolute atomic E-state index is 0.159. The van der Waals surface area contributed by atoms with Gasteiger partial charge in [0.1, 0.15) is 11.3 Å². The summed E-state index contributed by atoms with van der Waals surface area (Å²) < 4.78 is 5.77. The summed E-state index contributed by atoms with van der Waals surface area (Å²) in [6, 6.07) is 7.74. The Bertz CT molecular complexity index is 631. The third kappa shape index (κ3) is 3.04. The van der Waals surface area contributed by atoms with Gasteiger partial charge in [-0.2, -0.15) is 0 Å². The molecule has 0 spiro atoms. The Balaban J connectivity index is 2.53. The van der Waals surface area contributed by atoms with Gasteiger partial charge in [0, 0.05) is 33.2 Å². The van der Waals surface area contributed by atoms with Crippen molar-refractivity contribution in [3.05, 3.63) is 51.3 Å². The summed E-state index contributed by atoms with van der Waals surface area (Å²) in [6.45, 7) is 1.85. The van der Waals surface area contributed by atoms with Crippen LogP contribution in [0.15, 0.2) is 34.3 Å². The van der Waals surface area contributed by atoms with Crippen LogP contribution in [0.3, 0.4) is 0 Å². The van der Waals surface area contributed by atoms with E-state index in [0.717, 1.165) is 34.3 Å². The van der Waals surface area contributed by atoms with Crippen molar-refractivity contribution in [2.45, 2.75) is 13.3 Å². The van der Waals surface area contributed by atoms with Crippen LogP contribution in [0.2, 0.25) is 0 Å². The van der Waals surface area contributed by atoms with Gasteiger partial charge in [0.2, 0.25) is 6.54 Å². The van der Waals surface area contributed by atoms with E-state index < -0.39 is 0 Å². The van der Waals surface area contributed by atoms with Crippen molar-refractivity contribution in [3.63, 3.8) is 0 Å². The molecule has 0 fully saturated rings. The summed E-state index contributed by atoms with van der Waals surface area (Å²) in [5.41, 5.74) is 2.50. The molecule has 1 heterocycles. The molecule has 0 bridgehead atoms. The number of alkyl halides is 1. The Hall–Kier alpha value is -1.62. The first kappa shape index (κ1) is 13.8. The first-order valence-corrected chi connectivity index (χ1v) is 7.15. The molecule has 5 heteroatoms. The Morgan fingerprint density at radius 2 is 2.21 bits per heavy atom. The Morgan fingerprint density at radius 3 is 2.84 bits per heavy atom. The van der Waals surface area contributed by atoms with Gasteiger partial charge in [-0.15, -0.1) is 0 Å². The molecule has 0 radical (unpaired) electrons. The molecule has 0 unspecified atom stereocenters. The molecule has 0 atom stereocenters. The number of furan rings is 1. The number of nitro groups is 1. The van der Waals surface area contributed by atoms with Crippen LogP contribution in [-0.4, -0.2) is 16.8 Å². The monoisotopic (exact) mass is 323 g/mol. The molecular weight excluding hydrogens is 310 g/mol. The number of hydrogen-bond donors (Lipinski definition) is 0. The molecule has 0 aliphatic heterocycles. The molecule has 0 aliphatic rings. The summed E-state index contributed by atoms with van der Waals surface area (Å²) in [5.74, 6) is 0.864. The summed E-state index contributed by atoms with van der Waals surface area (Å²) in [4.78, 5) is 10.3. The van der Waals surface area contributed by atoms with E-state index in [9.17, 15) is 10.1 Å². The Kier molecular flexibility index (Phi) is 4.37. The lowest BCUT2D eigenvalue weighted by Crippen LogP contribution is -2.05. The number of para-hydroxylation sites is 1. The minimum Gasteiger partial charge on any atom is -0.460 e. The molecule has 0 saturated carbocycles. The van der Waals surface area contributed by atoms with Crippen molar-refractivity contribution in [1.82, 2.24) is 0 Å². The topological polar surface area (TPSA) is 56.3 Å². The van der Waals surface area contributed by atoms with E-state index in [1.165, 1.54) is 0 Å². The zero-order valence-electron chi connectivity index (χ0n) is 10.6. The molecule has 0 saturated heterocycles. The van der Waals surface area contributed by atoms with Crippen molar-refractivity contribution in [2.75, 3.05) is 11.9 Å². The van der Waals surface area contributed by atoms with Crippen LogP contribution in [0.25, 0.3) is 17.0 Å². The van der Waals surface area contributed by atoms with Crippen molar-refractivity contribution in [3.8, 4) is 0 Å². The molecule has 2 rings (SSSR count). The minimum atomic E-state index is -0.318. The van der Waals surface area contributed by atoms with Gasteiger partial charge in [-0.3, -0.25) is 10.1 Å². The predicted octanol–water partition coefficient (Wildman–Crippen LogP) is 4.05. The van der Waals surface area contributed by atoms with Crippen LogP contribution in [0, 0.1) is 10.1 Å². The third-order valence-electron chi connectivity index (χ3n) is 2.88. The number of hydrogen-bond acceptors (Lipinski definition) is 3. The van der Waals surface area contributed by atoms with Crippen LogP contribution in [0.1, 0.15) is 18.2 Å². The number of fused-ring (bicyclic) bond motifs is 1. The number of aryl methyl sites for hydroxylation is 1. The SMILES string of the molecule is CCc1oc2ccccc2c1/C=C(/CBr)C[N+](=O)[O-]. The van der Waals surface area contributed by atoms with Crippen LogP contribution < -0.4 is 0 Å². The number of rotatable bonds is 5. The van der Waals surface area contributed by atoms with Gasteiger partial charge in [0.05, 0.1) is 0 Å². The Morgan fingerprint density at radius 1 is 1.47 bits per heavy atom. The summed E-state index contributed by atoms with van der Waals surface area (Å²) in [5, 5.41) is 12.1. The third-order valence-corrected chi connectivity index (χ3v) is 3.60. The van der Waals surface area contributed by atoms with Crippen LogP contribution in [0.5, 0.6) is 0 Å². The van der Waals surface area contributed by atoms with Gasteiger partial charge in [-0.1, -0.05) is 41.1 Å². The first-order chi connectivity index (χ1) is 9.15. The highest BCUT2D eigenvalue weighted by molar-refractivity contribution is 9.09. The molecule has 2 aromatic rings. The molecule has 0 N–H and O–H groups in total. The maximum absolute atomic E-state index is 10.6. The predicted molar refractivity (Wildman–Crippen MR) is 79.2 cm³/mol. The van der Waals surface area contributed by atoms with Crippen molar-refractivity contribution < 1.29 is 9.34 Å². The van der Waals surface area contributed by atoms with E-state index in [1.807, 2.05) is 37.3 Å². The van der Waals surface area contributed by atoms with Crippen molar-refractivity contribution in [2.24, 2.45) is 0 Å². The van der Waals surface area contributed by atoms with E-state index in [4.69, 9.17) is 4.42 Å². The van der Waals surface area contributed by atoms with Gasteiger partial charge in [-0.25, -0.2) is 0 Å². The standard InChI is InChI=1S/C14H14BrNO3/c1-2-13-12(7-10(8-15)9-16(17)18)11-5-3-4-6-14(11)19-13/h3-7H,2,8-9H2,1H3/b10-7-. The van der Waals surface area contributed by atoms with Gasteiger partial charge in [0.15, 0.2) is 0 Å². The fourth-order valence-corrected chi connectivity index (χ4v) is 2.37.